The molecule has 256 valence electrons. The van der Waals surface area contributed by atoms with Crippen LogP contribution < -0.4 is 0 Å². The van der Waals surface area contributed by atoms with Crippen molar-refractivity contribution in [2.24, 2.45) is 0 Å². The van der Waals surface area contributed by atoms with Gasteiger partial charge in [0.05, 0.1) is 0 Å². The summed E-state index contributed by atoms with van der Waals surface area (Å²) in [6.45, 7) is 0. The third-order valence-corrected chi connectivity index (χ3v) is 0. The van der Waals surface area contributed by atoms with E-state index in [0.717, 1.165) is 0 Å². The average Bonchev–Trinajstić information content (AvgIpc) is 0. The molecule has 0 aliphatic rings. The molecule has 52 N–H and O–H groups in total. The van der Waals surface area contributed by atoms with Gasteiger partial charge in [-0.3, -0.25) is 0 Å². The van der Waals surface area contributed by atoms with Gasteiger partial charge < -0.3 is 142 Å². The van der Waals surface area contributed by atoms with Crippen molar-refractivity contribution in [2.75, 3.05) is 0 Å². The average molecular weight is 1240 g/mol. The van der Waals surface area contributed by atoms with Crippen molar-refractivity contribution in [3.05, 3.63) is 0 Å². The van der Waals surface area contributed by atoms with E-state index in [1.165, 1.54) is 0 Å². The molecule has 0 spiro atoms. The standard InChI is InChI=1S/8Mo.26H2O/h;;;;;;;;26*1H2. The minimum absolute atomic E-state index is 0. The molecule has 0 rings (SSSR count). The van der Waals surface area contributed by atoms with Gasteiger partial charge in [0.15, 0.2) is 0 Å². The molecule has 0 saturated heterocycles. The summed E-state index contributed by atoms with van der Waals surface area (Å²) in [5.74, 6) is 0. The van der Waals surface area contributed by atoms with E-state index in [2.05, 4.69) is 0 Å². The molecule has 0 unspecified atom stereocenters. The van der Waals surface area contributed by atoms with Crippen molar-refractivity contribution in [1.82, 2.24) is 0 Å². The van der Waals surface area contributed by atoms with Crippen LogP contribution >= 0.6 is 0 Å². The maximum atomic E-state index is 0. The molecule has 34 heavy (non-hydrogen) atoms. The molecule has 0 amide bonds. The van der Waals surface area contributed by atoms with Gasteiger partial charge in [0, 0.05) is 169 Å². The molecule has 0 aliphatic carbocycles. The Hall–Kier alpha value is 4.47. The summed E-state index contributed by atoms with van der Waals surface area (Å²) in [6.07, 6.45) is 0. The zero-order chi connectivity index (χ0) is 0. The Balaban J connectivity index is 0. The van der Waals surface area contributed by atoms with E-state index < -0.39 is 0 Å². The van der Waals surface area contributed by atoms with Crippen molar-refractivity contribution >= 4 is 0 Å². The molecule has 0 fully saturated rings. The minimum Gasteiger partial charge on any atom is -0.412 e. The Bertz CT molecular complexity index is 26.8. The van der Waals surface area contributed by atoms with E-state index in [9.17, 15) is 0 Å². The first-order chi connectivity index (χ1) is 0. The fraction of sp³-hybridized carbons (Fsp3) is 0. The summed E-state index contributed by atoms with van der Waals surface area (Å²) in [6, 6.07) is 0. The Morgan fingerprint density at radius 1 is 0.0588 bits per heavy atom. The monoisotopic (exact) mass is 1250 g/mol. The van der Waals surface area contributed by atoms with Crippen LogP contribution in [0.1, 0.15) is 0 Å². The summed E-state index contributed by atoms with van der Waals surface area (Å²) in [7, 11) is 0. The predicted molar refractivity (Wildman–Crippen MR) is 94.0 cm³/mol. The first kappa shape index (κ1) is 2710. The summed E-state index contributed by atoms with van der Waals surface area (Å²) in [5, 5.41) is 0. The van der Waals surface area contributed by atoms with Crippen LogP contribution in [0.2, 0.25) is 0 Å². The molecule has 0 bridgehead atoms. The van der Waals surface area contributed by atoms with E-state index in [0.29, 0.717) is 0 Å². The molecular formula is H52Mo8O26. The van der Waals surface area contributed by atoms with Gasteiger partial charge in [-0.25, -0.2) is 0 Å². The molecule has 26 nitrogen and oxygen atoms in total. The van der Waals surface area contributed by atoms with Crippen LogP contribution in [0.4, 0.5) is 0 Å². The zero-order valence-electron chi connectivity index (χ0n) is 16.3. The Morgan fingerprint density at radius 2 is 0.0588 bits per heavy atom. The number of hydrogen-bond donors (Lipinski definition) is 0. The molecule has 0 aliphatic heterocycles. The van der Waals surface area contributed by atoms with Crippen LogP contribution in [0.3, 0.4) is 0 Å². The van der Waals surface area contributed by atoms with Gasteiger partial charge in [0.2, 0.25) is 0 Å². The van der Waals surface area contributed by atoms with Gasteiger partial charge in [-0.15, -0.1) is 0 Å². The summed E-state index contributed by atoms with van der Waals surface area (Å²) in [4.78, 5) is 0. The molecule has 0 atom stereocenters. The van der Waals surface area contributed by atoms with Gasteiger partial charge in [0.25, 0.3) is 0 Å². The maximum absolute atomic E-state index is 0. The quantitative estimate of drug-likeness (QED) is 0.204. The van der Waals surface area contributed by atoms with Crippen molar-refractivity contribution < 1.29 is 311 Å². The molecule has 0 aromatic carbocycles. The second kappa shape index (κ2) is 2500. The van der Waals surface area contributed by atoms with Gasteiger partial charge in [0.1, 0.15) is 0 Å². The van der Waals surface area contributed by atoms with Crippen molar-refractivity contribution in [3.63, 3.8) is 0 Å². The second-order valence-corrected chi connectivity index (χ2v) is 0. The molecule has 0 aromatic heterocycles. The van der Waals surface area contributed by atoms with Crippen LogP contribution in [0.5, 0.6) is 0 Å². The van der Waals surface area contributed by atoms with Crippen molar-refractivity contribution in [3.8, 4) is 0 Å². The summed E-state index contributed by atoms with van der Waals surface area (Å²) < 4.78 is 0. The molecular weight excluding hydrogens is 1180 g/mol. The van der Waals surface area contributed by atoms with Crippen molar-refractivity contribution in [2.45, 2.75) is 0 Å². The summed E-state index contributed by atoms with van der Waals surface area (Å²) in [5.41, 5.74) is 0. The topological polar surface area (TPSA) is 819 Å². The Kier molecular flexibility index (Phi) is 199000. The number of hydrogen-bond acceptors (Lipinski definition) is 0. The fourth-order valence-corrected chi connectivity index (χ4v) is 0. The largest absolute Gasteiger partial charge is 0.412 e. The van der Waals surface area contributed by atoms with E-state index in [1.54, 1.807) is 0 Å². The smallest absolute Gasteiger partial charge is 0 e. The SMILES string of the molecule is O.O.O.O.O.O.O.O.O.O.O.O.O.O.O.O.O.O.O.O.O.O.O.O.O.O.[Mo].[Mo].[Mo].[Mo].[Mo].[Mo].[Mo].[Mo]. The van der Waals surface area contributed by atoms with Gasteiger partial charge in [-0.2, -0.15) is 0 Å². The van der Waals surface area contributed by atoms with Crippen LogP contribution in [-0.2, 0) is 169 Å². The van der Waals surface area contributed by atoms with Gasteiger partial charge in [-0.1, -0.05) is 0 Å². The van der Waals surface area contributed by atoms with E-state index in [-0.39, 0.29) is 311 Å². The molecule has 0 aromatic rings. The zero-order valence-corrected chi connectivity index (χ0v) is 32.3. The van der Waals surface area contributed by atoms with Crippen LogP contribution in [0.15, 0.2) is 0 Å². The normalized spacial score (nSPS) is 0. The third-order valence-electron chi connectivity index (χ3n) is 0. The number of rotatable bonds is 0. The van der Waals surface area contributed by atoms with Gasteiger partial charge in [-0.05, 0) is 0 Å². The fourth-order valence-electron chi connectivity index (χ4n) is 0. The van der Waals surface area contributed by atoms with Crippen LogP contribution in [-0.4, -0.2) is 142 Å². The van der Waals surface area contributed by atoms with Crippen LogP contribution in [0, 0.1) is 0 Å². The second-order valence-electron chi connectivity index (χ2n) is 0. The summed E-state index contributed by atoms with van der Waals surface area (Å²) >= 11 is 0. The predicted octanol–water partition coefficient (Wildman–Crippen LogP) is -21.5. The molecule has 34 heteroatoms. The van der Waals surface area contributed by atoms with E-state index in [1.807, 2.05) is 0 Å². The first-order valence-corrected chi connectivity index (χ1v) is 0. The first-order valence-electron chi connectivity index (χ1n) is 0. The Morgan fingerprint density at radius 3 is 0.0588 bits per heavy atom. The van der Waals surface area contributed by atoms with Crippen LogP contribution in [0.25, 0.3) is 0 Å². The molecule has 0 saturated carbocycles. The maximum Gasteiger partial charge on any atom is 0 e. The third kappa shape index (κ3) is 2300. The van der Waals surface area contributed by atoms with Crippen molar-refractivity contribution in [1.29, 1.82) is 0 Å². The minimum atomic E-state index is 0. The molecule has 0 heterocycles. The van der Waals surface area contributed by atoms with E-state index >= 15 is 0 Å². The Labute approximate surface area is 307 Å². The van der Waals surface area contributed by atoms with Gasteiger partial charge >= 0.3 is 0 Å². The molecule has 0 radical (unpaired) electrons. The van der Waals surface area contributed by atoms with E-state index in [4.69, 9.17) is 0 Å².